The van der Waals surface area contributed by atoms with Gasteiger partial charge in [-0.25, -0.2) is 8.78 Å². The first-order chi connectivity index (χ1) is 7.47. The van der Waals surface area contributed by atoms with E-state index in [-0.39, 0.29) is 5.91 Å². The van der Waals surface area contributed by atoms with Crippen molar-refractivity contribution >= 4 is 11.6 Å². The van der Waals surface area contributed by atoms with Gasteiger partial charge in [-0.2, -0.15) is 0 Å². The van der Waals surface area contributed by atoms with Crippen molar-refractivity contribution in [3.05, 3.63) is 29.8 Å². The van der Waals surface area contributed by atoms with E-state index >= 15 is 0 Å². The van der Waals surface area contributed by atoms with Crippen LogP contribution in [0.4, 0.5) is 14.5 Å². The molecule has 86 valence electrons. The number of benzene rings is 1. The van der Waals surface area contributed by atoms with Crippen molar-refractivity contribution in [2.75, 3.05) is 11.9 Å². The average Bonchev–Trinajstić information content (AvgIpc) is 2.42. The molecule has 1 heterocycles. The monoisotopic (exact) mass is 225 g/mol. The minimum absolute atomic E-state index is 0.256. The van der Waals surface area contributed by atoms with E-state index in [4.69, 9.17) is 0 Å². The molecule has 0 unspecified atom stereocenters. The van der Waals surface area contributed by atoms with E-state index < -0.39 is 18.3 Å². The molecule has 0 saturated heterocycles. The average molecular weight is 225 g/mol. The van der Waals surface area contributed by atoms with Gasteiger partial charge in [0, 0.05) is 19.2 Å². The highest BCUT2D eigenvalue weighted by molar-refractivity contribution is 6.07. The molecule has 4 heteroatoms. The molecular weight excluding hydrogens is 212 g/mol. The van der Waals surface area contributed by atoms with Gasteiger partial charge in [0.2, 0.25) is 12.3 Å². The number of anilines is 1. The Labute approximate surface area is 92.9 Å². The number of hydrogen-bond acceptors (Lipinski definition) is 1. The third kappa shape index (κ3) is 1.40. The molecule has 0 bridgehead atoms. The van der Waals surface area contributed by atoms with Crippen molar-refractivity contribution in [3.8, 4) is 0 Å². The van der Waals surface area contributed by atoms with Gasteiger partial charge < -0.3 is 4.90 Å². The summed E-state index contributed by atoms with van der Waals surface area (Å²) in [6.07, 6.45) is -2.90. The predicted octanol–water partition coefficient (Wildman–Crippen LogP) is 2.58. The standard InChI is InChI=1S/C12H13F2NO/c1-12(7-10(13)14)8-5-3-4-6-9(8)15(2)11(12)16/h3-6,10H,7H2,1-2H3/t12-/m0/s1. The molecule has 0 spiro atoms. The van der Waals surface area contributed by atoms with Gasteiger partial charge in [0.15, 0.2) is 0 Å². The zero-order chi connectivity index (χ0) is 11.9. The fourth-order valence-electron chi connectivity index (χ4n) is 2.33. The zero-order valence-electron chi connectivity index (χ0n) is 9.21. The summed E-state index contributed by atoms with van der Waals surface area (Å²) in [5.41, 5.74) is 0.345. The number of para-hydroxylation sites is 1. The number of alkyl halides is 2. The largest absolute Gasteiger partial charge is 0.314 e. The minimum Gasteiger partial charge on any atom is -0.314 e. The van der Waals surface area contributed by atoms with E-state index in [2.05, 4.69) is 0 Å². The second kappa shape index (κ2) is 3.54. The van der Waals surface area contributed by atoms with E-state index in [9.17, 15) is 13.6 Å². The molecule has 2 rings (SSSR count). The van der Waals surface area contributed by atoms with E-state index in [1.807, 2.05) is 0 Å². The maximum absolute atomic E-state index is 12.6. The summed E-state index contributed by atoms with van der Waals surface area (Å²) >= 11 is 0. The highest BCUT2D eigenvalue weighted by Gasteiger charge is 2.47. The van der Waals surface area contributed by atoms with Crippen molar-refractivity contribution in [2.24, 2.45) is 0 Å². The fourth-order valence-corrected chi connectivity index (χ4v) is 2.33. The molecule has 0 N–H and O–H groups in total. The molecule has 0 saturated carbocycles. The van der Waals surface area contributed by atoms with Crippen molar-refractivity contribution in [1.82, 2.24) is 0 Å². The van der Waals surface area contributed by atoms with Gasteiger partial charge in [0.1, 0.15) is 0 Å². The molecule has 1 aliphatic rings. The third-order valence-corrected chi connectivity index (χ3v) is 3.20. The van der Waals surface area contributed by atoms with Crippen LogP contribution >= 0.6 is 0 Å². The lowest BCUT2D eigenvalue weighted by Crippen LogP contribution is -2.37. The summed E-state index contributed by atoms with van der Waals surface area (Å²) in [7, 11) is 1.62. The summed E-state index contributed by atoms with van der Waals surface area (Å²) in [6, 6.07) is 7.11. The van der Waals surface area contributed by atoms with Crippen LogP contribution < -0.4 is 4.90 Å². The van der Waals surface area contributed by atoms with Crippen molar-refractivity contribution in [2.45, 2.75) is 25.2 Å². The quantitative estimate of drug-likeness (QED) is 0.757. The molecule has 0 radical (unpaired) electrons. The number of nitrogens with zero attached hydrogens (tertiary/aromatic N) is 1. The topological polar surface area (TPSA) is 20.3 Å². The van der Waals surface area contributed by atoms with Gasteiger partial charge in [0.25, 0.3) is 0 Å². The molecule has 1 aromatic rings. The lowest BCUT2D eigenvalue weighted by molar-refractivity contribution is -0.123. The molecule has 1 amide bonds. The molecule has 0 aromatic heterocycles. The fraction of sp³-hybridized carbons (Fsp3) is 0.417. The number of hydrogen-bond donors (Lipinski definition) is 0. The number of likely N-dealkylation sites (N-methyl/N-ethyl adjacent to an activating group) is 1. The van der Waals surface area contributed by atoms with Crippen LogP contribution in [-0.4, -0.2) is 19.4 Å². The summed E-state index contributed by atoms with van der Waals surface area (Å²) in [4.78, 5) is 13.5. The number of fused-ring (bicyclic) bond motifs is 1. The first kappa shape index (κ1) is 11.0. The second-order valence-electron chi connectivity index (χ2n) is 4.31. The SMILES string of the molecule is CN1C(=O)[C@@](C)(CC(F)F)c2ccccc21. The number of carbonyl (C=O) groups is 1. The van der Waals surface area contributed by atoms with Crippen LogP contribution in [0.2, 0.25) is 0 Å². The van der Waals surface area contributed by atoms with Crippen molar-refractivity contribution < 1.29 is 13.6 Å². The molecule has 0 aliphatic carbocycles. The highest BCUT2D eigenvalue weighted by Crippen LogP contribution is 2.43. The Kier molecular flexibility index (Phi) is 2.45. The van der Waals surface area contributed by atoms with Crippen LogP contribution in [-0.2, 0) is 10.2 Å². The van der Waals surface area contributed by atoms with Crippen LogP contribution in [0.25, 0.3) is 0 Å². The Morgan fingerprint density at radius 2 is 2.00 bits per heavy atom. The Bertz CT molecular complexity index is 433. The normalized spacial score (nSPS) is 24.1. The Morgan fingerprint density at radius 3 is 2.62 bits per heavy atom. The Morgan fingerprint density at radius 1 is 1.38 bits per heavy atom. The third-order valence-electron chi connectivity index (χ3n) is 3.20. The van der Waals surface area contributed by atoms with Crippen LogP contribution in [0.15, 0.2) is 24.3 Å². The molecule has 1 atom stereocenters. The van der Waals surface area contributed by atoms with Gasteiger partial charge in [-0.1, -0.05) is 18.2 Å². The smallest absolute Gasteiger partial charge is 0.240 e. The first-order valence-electron chi connectivity index (χ1n) is 5.12. The van der Waals surface area contributed by atoms with Crippen molar-refractivity contribution in [1.29, 1.82) is 0 Å². The van der Waals surface area contributed by atoms with E-state index in [0.29, 0.717) is 5.56 Å². The van der Waals surface area contributed by atoms with Gasteiger partial charge in [-0.15, -0.1) is 0 Å². The summed E-state index contributed by atoms with van der Waals surface area (Å²) in [5.74, 6) is -0.256. The maximum atomic E-state index is 12.6. The zero-order valence-corrected chi connectivity index (χ0v) is 9.21. The van der Waals surface area contributed by atoms with Crippen molar-refractivity contribution in [3.63, 3.8) is 0 Å². The molecular formula is C12H13F2NO. The second-order valence-corrected chi connectivity index (χ2v) is 4.31. The molecule has 0 fully saturated rings. The first-order valence-corrected chi connectivity index (χ1v) is 5.12. The van der Waals surface area contributed by atoms with Crippen LogP contribution in [0.5, 0.6) is 0 Å². The number of rotatable bonds is 2. The minimum atomic E-state index is -2.48. The molecule has 16 heavy (non-hydrogen) atoms. The Balaban J connectivity index is 2.52. The van der Waals surface area contributed by atoms with E-state index in [0.717, 1.165) is 5.69 Å². The van der Waals surface area contributed by atoms with Gasteiger partial charge in [-0.05, 0) is 18.6 Å². The summed E-state index contributed by atoms with van der Waals surface area (Å²) in [5, 5.41) is 0. The van der Waals surface area contributed by atoms with Crippen LogP contribution in [0.3, 0.4) is 0 Å². The van der Waals surface area contributed by atoms with E-state index in [1.54, 1.807) is 38.2 Å². The van der Waals surface area contributed by atoms with Gasteiger partial charge in [0.05, 0.1) is 5.41 Å². The van der Waals surface area contributed by atoms with Gasteiger partial charge in [-0.3, -0.25) is 4.79 Å². The molecule has 1 aliphatic heterocycles. The Hall–Kier alpha value is -1.45. The number of carbonyl (C=O) groups excluding carboxylic acids is 1. The summed E-state index contributed by atoms with van der Waals surface area (Å²) in [6.45, 7) is 1.59. The lowest BCUT2D eigenvalue weighted by Gasteiger charge is -2.22. The van der Waals surface area contributed by atoms with Crippen LogP contribution in [0.1, 0.15) is 18.9 Å². The number of amides is 1. The maximum Gasteiger partial charge on any atom is 0.240 e. The predicted molar refractivity (Wildman–Crippen MR) is 57.8 cm³/mol. The van der Waals surface area contributed by atoms with Gasteiger partial charge >= 0.3 is 0 Å². The van der Waals surface area contributed by atoms with E-state index in [1.165, 1.54) is 4.90 Å². The molecule has 1 aromatic carbocycles. The molecule has 2 nitrogen and oxygen atoms in total. The van der Waals surface area contributed by atoms with Crippen LogP contribution in [0, 0.1) is 0 Å². The highest BCUT2D eigenvalue weighted by atomic mass is 19.3. The summed E-state index contributed by atoms with van der Waals surface area (Å²) < 4.78 is 25.1. The number of halogens is 2. The lowest BCUT2D eigenvalue weighted by atomic mass is 9.81.